The van der Waals surface area contributed by atoms with Gasteiger partial charge in [0, 0.05) is 12.5 Å². The smallest absolute Gasteiger partial charge is 0.227 e. The van der Waals surface area contributed by atoms with Gasteiger partial charge in [0.15, 0.2) is 11.0 Å². The van der Waals surface area contributed by atoms with Gasteiger partial charge in [-0.1, -0.05) is 30.3 Å². The van der Waals surface area contributed by atoms with Crippen molar-refractivity contribution < 1.29 is 4.57 Å². The summed E-state index contributed by atoms with van der Waals surface area (Å²) in [5.74, 6) is 1.35. The van der Waals surface area contributed by atoms with E-state index in [9.17, 15) is 0 Å². The number of hydrogen-bond donors (Lipinski definition) is 0. The Bertz CT molecular complexity index is 842. The first-order valence-electron chi connectivity index (χ1n) is 8.36. The summed E-state index contributed by atoms with van der Waals surface area (Å²) in [6.07, 6.45) is 5.13. The number of benzene rings is 2. The maximum atomic E-state index is 2.54. The molecule has 0 radical (unpaired) electrons. The van der Waals surface area contributed by atoms with Gasteiger partial charge in [-0.15, -0.1) is 0 Å². The van der Waals surface area contributed by atoms with Gasteiger partial charge in [0.25, 0.3) is 5.82 Å². The average molecular weight is 291 g/mol. The number of imidazole rings is 1. The largest absolute Gasteiger partial charge is 0.259 e. The molecule has 0 spiro atoms. The zero-order valence-electron chi connectivity index (χ0n) is 13.5. The molecule has 1 aliphatic heterocycles. The Kier molecular flexibility index (Phi) is 3.25. The molecule has 0 aliphatic carbocycles. The van der Waals surface area contributed by atoms with Crippen molar-refractivity contribution in [3.05, 3.63) is 59.4 Å². The molecule has 1 aliphatic rings. The molecular weight excluding hydrogens is 268 g/mol. The molecule has 0 amide bonds. The van der Waals surface area contributed by atoms with Crippen molar-refractivity contribution in [1.82, 2.24) is 4.57 Å². The average Bonchev–Trinajstić information content (AvgIpc) is 2.77. The van der Waals surface area contributed by atoms with Crippen LogP contribution in [-0.2, 0) is 13.0 Å². The SMILES string of the molecule is Cc1ccccc1-n1c(C)[n+]2c3c(cccc31)CCCCC2. The second kappa shape index (κ2) is 5.28. The molecule has 2 aromatic carbocycles. The van der Waals surface area contributed by atoms with E-state index < -0.39 is 0 Å². The van der Waals surface area contributed by atoms with Gasteiger partial charge in [-0.25, -0.2) is 4.57 Å². The fraction of sp³-hybridized carbons (Fsp3) is 0.350. The molecule has 2 heteroatoms. The number of aromatic nitrogens is 2. The summed E-state index contributed by atoms with van der Waals surface area (Å²) in [6.45, 7) is 5.60. The van der Waals surface area contributed by atoms with E-state index in [0.717, 1.165) is 6.54 Å². The highest BCUT2D eigenvalue weighted by molar-refractivity contribution is 5.78. The summed E-state index contributed by atoms with van der Waals surface area (Å²) < 4.78 is 4.98. The summed E-state index contributed by atoms with van der Waals surface area (Å²) in [4.78, 5) is 0. The van der Waals surface area contributed by atoms with E-state index in [1.807, 2.05) is 0 Å². The maximum absolute atomic E-state index is 2.54. The number of para-hydroxylation sites is 2. The van der Waals surface area contributed by atoms with Gasteiger partial charge in [-0.3, -0.25) is 0 Å². The molecule has 22 heavy (non-hydrogen) atoms. The molecule has 0 saturated heterocycles. The third-order valence-electron chi connectivity index (χ3n) is 5.01. The first-order valence-corrected chi connectivity index (χ1v) is 8.36. The standard InChI is InChI=1S/C20H23N2/c1-15-9-5-6-12-18(15)22-16(2)21-14-7-3-4-10-17-11-8-13-19(22)20(17)21/h5-6,8-9,11-13H,3-4,7,10,14H2,1-2H3/q+1. The lowest BCUT2D eigenvalue weighted by atomic mass is 10.0. The lowest BCUT2D eigenvalue weighted by Crippen LogP contribution is -2.37. The van der Waals surface area contributed by atoms with Gasteiger partial charge in [0.1, 0.15) is 5.69 Å². The molecule has 0 atom stereocenters. The second-order valence-electron chi connectivity index (χ2n) is 6.42. The van der Waals surface area contributed by atoms with Crippen LogP contribution in [0.1, 0.15) is 36.2 Å². The zero-order valence-corrected chi connectivity index (χ0v) is 13.5. The van der Waals surface area contributed by atoms with Crippen molar-refractivity contribution in [1.29, 1.82) is 0 Å². The molecule has 0 bridgehead atoms. The van der Waals surface area contributed by atoms with Crippen LogP contribution in [-0.4, -0.2) is 4.57 Å². The molecular formula is C20H23N2+. The van der Waals surface area contributed by atoms with E-state index >= 15 is 0 Å². The van der Waals surface area contributed by atoms with E-state index in [0.29, 0.717) is 0 Å². The Morgan fingerprint density at radius 1 is 0.909 bits per heavy atom. The number of nitrogens with zero attached hydrogens (tertiary/aromatic N) is 2. The maximum Gasteiger partial charge on any atom is 0.259 e. The fourth-order valence-electron chi connectivity index (χ4n) is 3.88. The summed E-state index contributed by atoms with van der Waals surface area (Å²) in [6, 6.07) is 15.5. The van der Waals surface area contributed by atoms with Gasteiger partial charge in [0.2, 0.25) is 0 Å². The minimum absolute atomic E-state index is 1.14. The molecule has 2 heterocycles. The molecule has 4 rings (SSSR count). The zero-order chi connectivity index (χ0) is 15.1. The summed E-state index contributed by atoms with van der Waals surface area (Å²) >= 11 is 0. The van der Waals surface area contributed by atoms with Crippen molar-refractivity contribution in [2.75, 3.05) is 0 Å². The van der Waals surface area contributed by atoms with Gasteiger partial charge < -0.3 is 0 Å². The van der Waals surface area contributed by atoms with E-state index in [2.05, 4.69) is 65.4 Å². The number of rotatable bonds is 1. The molecule has 0 N–H and O–H groups in total. The monoisotopic (exact) mass is 291 g/mol. The van der Waals surface area contributed by atoms with Gasteiger partial charge in [-0.05, 0) is 50.3 Å². The summed E-state index contributed by atoms with van der Waals surface area (Å²) in [7, 11) is 0. The highest BCUT2D eigenvalue weighted by atomic mass is 15.2. The van der Waals surface area contributed by atoms with Crippen molar-refractivity contribution in [3.63, 3.8) is 0 Å². The Labute approximate surface area is 132 Å². The van der Waals surface area contributed by atoms with E-state index in [1.54, 1.807) is 0 Å². The van der Waals surface area contributed by atoms with Crippen molar-refractivity contribution in [3.8, 4) is 5.69 Å². The highest BCUT2D eigenvalue weighted by Crippen LogP contribution is 2.26. The predicted octanol–water partition coefficient (Wildman–Crippen LogP) is 4.26. The summed E-state index contributed by atoms with van der Waals surface area (Å²) in [5, 5.41) is 0. The molecule has 1 aromatic heterocycles. The molecule has 0 saturated carbocycles. The first-order chi connectivity index (χ1) is 10.8. The van der Waals surface area contributed by atoms with Crippen LogP contribution >= 0.6 is 0 Å². The predicted molar refractivity (Wildman–Crippen MR) is 90.5 cm³/mol. The number of aryl methyl sites for hydroxylation is 3. The van der Waals surface area contributed by atoms with Gasteiger partial charge in [0.05, 0.1) is 6.54 Å². The van der Waals surface area contributed by atoms with Crippen LogP contribution in [0.25, 0.3) is 16.7 Å². The topological polar surface area (TPSA) is 8.81 Å². The summed E-state index contributed by atoms with van der Waals surface area (Å²) in [5.41, 5.74) is 6.94. The minimum Gasteiger partial charge on any atom is -0.227 e. The Morgan fingerprint density at radius 3 is 2.64 bits per heavy atom. The molecule has 2 nitrogen and oxygen atoms in total. The Morgan fingerprint density at radius 2 is 1.77 bits per heavy atom. The fourth-order valence-corrected chi connectivity index (χ4v) is 3.88. The van der Waals surface area contributed by atoms with E-state index in [-0.39, 0.29) is 0 Å². The first kappa shape index (κ1) is 13.6. The molecule has 112 valence electrons. The lowest BCUT2D eigenvalue weighted by molar-refractivity contribution is -0.679. The Balaban J connectivity index is 2.09. The van der Waals surface area contributed by atoms with Crippen molar-refractivity contribution >= 4 is 11.0 Å². The Hall–Kier alpha value is -2.09. The minimum atomic E-state index is 1.14. The second-order valence-corrected chi connectivity index (χ2v) is 6.42. The molecule has 0 unspecified atom stereocenters. The van der Waals surface area contributed by atoms with E-state index in [4.69, 9.17) is 0 Å². The van der Waals surface area contributed by atoms with Crippen molar-refractivity contribution in [2.24, 2.45) is 0 Å². The lowest BCUT2D eigenvalue weighted by Gasteiger charge is -2.08. The third kappa shape index (κ3) is 1.98. The quantitative estimate of drug-likeness (QED) is 0.592. The molecule has 0 fully saturated rings. The van der Waals surface area contributed by atoms with Crippen LogP contribution in [0.3, 0.4) is 0 Å². The van der Waals surface area contributed by atoms with Gasteiger partial charge in [-0.2, -0.15) is 4.57 Å². The van der Waals surface area contributed by atoms with Crippen LogP contribution in [0.15, 0.2) is 42.5 Å². The number of hydrogen-bond acceptors (Lipinski definition) is 0. The van der Waals surface area contributed by atoms with Crippen LogP contribution in [0, 0.1) is 13.8 Å². The van der Waals surface area contributed by atoms with Crippen molar-refractivity contribution in [2.45, 2.75) is 46.1 Å². The van der Waals surface area contributed by atoms with Gasteiger partial charge >= 0.3 is 0 Å². The third-order valence-corrected chi connectivity index (χ3v) is 5.01. The van der Waals surface area contributed by atoms with Crippen LogP contribution in [0.2, 0.25) is 0 Å². The molecule has 3 aromatic rings. The van der Waals surface area contributed by atoms with Crippen LogP contribution in [0.5, 0.6) is 0 Å². The van der Waals surface area contributed by atoms with E-state index in [1.165, 1.54) is 59.4 Å². The van der Waals surface area contributed by atoms with Crippen LogP contribution in [0.4, 0.5) is 0 Å². The normalized spacial score (nSPS) is 14.8. The van der Waals surface area contributed by atoms with Crippen LogP contribution < -0.4 is 4.57 Å². The highest BCUT2D eigenvalue weighted by Gasteiger charge is 2.26.